The minimum atomic E-state index is -5.46. The first-order valence-electron chi connectivity index (χ1n) is 5.24. The molecule has 0 aliphatic heterocycles. The fourth-order valence-corrected chi connectivity index (χ4v) is 0.565. The Labute approximate surface area is 156 Å². The summed E-state index contributed by atoms with van der Waals surface area (Å²) < 4.78 is 136. The van der Waals surface area contributed by atoms with Gasteiger partial charge in [0.15, 0.2) is 0 Å². The van der Waals surface area contributed by atoms with Crippen LogP contribution in [0, 0.1) is 12.8 Å². The van der Waals surface area contributed by atoms with Gasteiger partial charge in [-0.1, -0.05) is 0 Å². The zero-order valence-corrected chi connectivity index (χ0v) is 13.4. The third kappa shape index (κ3) is 14.2. The molecule has 0 aromatic heterocycles. The van der Waals surface area contributed by atoms with Crippen LogP contribution in [0.4, 0.5) is 52.7 Å². The van der Waals surface area contributed by atoms with E-state index in [0.29, 0.717) is 0 Å². The average Bonchev–Trinajstić information content (AvgIpc) is 2.34. The number of ketones is 4. The maximum atomic E-state index is 11.3. The van der Waals surface area contributed by atoms with Crippen LogP contribution in [0.5, 0.6) is 0 Å². The summed E-state index contributed by atoms with van der Waals surface area (Å²) in [5.41, 5.74) is 0. The molecule has 0 bridgehead atoms. The summed E-state index contributed by atoms with van der Waals surface area (Å²) in [4.78, 5) is 39.3. The molecule has 0 fully saturated rings. The predicted molar refractivity (Wildman–Crippen MR) is 56.5 cm³/mol. The van der Waals surface area contributed by atoms with Gasteiger partial charge in [-0.2, -0.15) is 52.7 Å². The molecule has 1 radical (unpaired) electrons. The molecule has 0 rings (SSSR count). The molecular weight excluding hydrogens is 483 g/mol. The third-order valence-electron chi connectivity index (χ3n) is 1.64. The number of Topliss-reactive ketones (excluding diaryl/α,β-unsaturated/α-hetero) is 4. The van der Waals surface area contributed by atoms with Gasteiger partial charge in [-0.05, 0) is 0 Å². The SMILES string of the molecule is O.O=C([CH-]C(=O)C(F)(F)F)C(F)(F)F.O=C([CH-]C(=O)C(F)(F)F)C(F)(F)F.[Mn+2]. The molecule has 18 heteroatoms. The molecule has 0 spiro atoms. The molecule has 0 atom stereocenters. The summed E-state index contributed by atoms with van der Waals surface area (Å²) >= 11 is 0. The Morgan fingerprint density at radius 1 is 0.429 bits per heavy atom. The second kappa shape index (κ2) is 11.2. The molecule has 0 aromatic rings. The van der Waals surface area contributed by atoms with Gasteiger partial charge in [-0.15, -0.1) is 0 Å². The maximum absolute atomic E-state index is 11.3. The number of rotatable bonds is 4. The number of alkyl halides is 12. The largest absolute Gasteiger partial charge is 2.00 e. The van der Waals surface area contributed by atoms with E-state index in [9.17, 15) is 71.9 Å². The van der Waals surface area contributed by atoms with Crippen molar-refractivity contribution >= 4 is 23.1 Å². The van der Waals surface area contributed by atoms with E-state index in [2.05, 4.69) is 0 Å². The summed E-state index contributed by atoms with van der Waals surface area (Å²) in [6, 6.07) is 0. The van der Waals surface area contributed by atoms with Crippen molar-refractivity contribution < 1.29 is 94.4 Å². The van der Waals surface area contributed by atoms with E-state index in [1.165, 1.54) is 0 Å². The van der Waals surface area contributed by atoms with Crippen molar-refractivity contribution in [2.24, 2.45) is 0 Å². The quantitative estimate of drug-likeness (QED) is 0.263. The van der Waals surface area contributed by atoms with Crippen LogP contribution in [-0.4, -0.2) is 53.3 Å². The Balaban J connectivity index is -0.000000192. The molecule has 0 aliphatic rings. The van der Waals surface area contributed by atoms with Crippen LogP contribution in [0.25, 0.3) is 0 Å². The minimum absolute atomic E-state index is 0. The van der Waals surface area contributed by atoms with Gasteiger partial charge < -0.3 is 24.7 Å². The Hall–Kier alpha value is -1.94. The maximum Gasteiger partial charge on any atom is 2.00 e. The second-order valence-corrected chi connectivity index (χ2v) is 3.74. The molecule has 2 N–H and O–H groups in total. The number of carbonyl (C=O) groups excluding carboxylic acids is 4. The number of hydrogen-bond donors (Lipinski definition) is 0. The van der Waals surface area contributed by atoms with Gasteiger partial charge in [0, 0.05) is 0 Å². The molecule has 0 amide bonds. The van der Waals surface area contributed by atoms with Crippen LogP contribution < -0.4 is 0 Å². The van der Waals surface area contributed by atoms with Gasteiger partial charge in [0.05, 0.1) is 0 Å². The van der Waals surface area contributed by atoms with Gasteiger partial charge in [0.2, 0.25) is 0 Å². The van der Waals surface area contributed by atoms with Crippen molar-refractivity contribution in [2.45, 2.75) is 24.7 Å². The monoisotopic (exact) mass is 487 g/mol. The average molecular weight is 487 g/mol. The molecule has 0 heterocycles. The number of hydrogen-bond acceptors (Lipinski definition) is 4. The minimum Gasteiger partial charge on any atom is -0.412 e. The molecular formula is C10H4F12MnO5. The van der Waals surface area contributed by atoms with Crippen LogP contribution in [0.15, 0.2) is 0 Å². The Morgan fingerprint density at radius 3 is 0.607 bits per heavy atom. The van der Waals surface area contributed by atoms with Crippen LogP contribution in [-0.2, 0) is 36.2 Å². The van der Waals surface area contributed by atoms with Crippen LogP contribution in [0.3, 0.4) is 0 Å². The van der Waals surface area contributed by atoms with E-state index in [1.54, 1.807) is 0 Å². The van der Waals surface area contributed by atoms with E-state index in [4.69, 9.17) is 0 Å². The van der Waals surface area contributed by atoms with Crippen molar-refractivity contribution in [3.8, 4) is 0 Å². The molecule has 0 saturated carbocycles. The summed E-state index contributed by atoms with van der Waals surface area (Å²) in [6.07, 6.45) is -23.9. The first kappa shape index (κ1) is 33.6. The van der Waals surface area contributed by atoms with Crippen molar-refractivity contribution in [3.05, 3.63) is 12.8 Å². The van der Waals surface area contributed by atoms with E-state index in [0.717, 1.165) is 0 Å². The topological polar surface area (TPSA) is 99.8 Å². The van der Waals surface area contributed by atoms with Crippen LogP contribution in [0.2, 0.25) is 0 Å². The Kier molecular flexibility index (Phi) is 13.4. The molecule has 28 heavy (non-hydrogen) atoms. The number of carbonyl (C=O) groups is 4. The smallest absolute Gasteiger partial charge is 0.412 e. The van der Waals surface area contributed by atoms with Gasteiger partial charge in [-0.3, -0.25) is 0 Å². The van der Waals surface area contributed by atoms with Crippen LogP contribution in [0.1, 0.15) is 0 Å². The second-order valence-electron chi connectivity index (χ2n) is 3.74. The van der Waals surface area contributed by atoms with Gasteiger partial charge in [-0.25, -0.2) is 12.8 Å². The van der Waals surface area contributed by atoms with Gasteiger partial charge >= 0.3 is 41.8 Å². The fourth-order valence-electron chi connectivity index (χ4n) is 0.565. The van der Waals surface area contributed by atoms with E-state index in [-0.39, 0.29) is 22.5 Å². The summed E-state index contributed by atoms with van der Waals surface area (Å²) in [5.74, 6) is -11.3. The molecule has 0 aliphatic carbocycles. The number of halogens is 12. The van der Waals surface area contributed by atoms with E-state index in [1.807, 2.05) is 0 Å². The Morgan fingerprint density at radius 2 is 0.536 bits per heavy atom. The van der Waals surface area contributed by atoms with Crippen molar-refractivity contribution in [3.63, 3.8) is 0 Å². The van der Waals surface area contributed by atoms with Gasteiger partial charge in [0.25, 0.3) is 0 Å². The fraction of sp³-hybridized carbons (Fsp3) is 0.400. The first-order valence-corrected chi connectivity index (χ1v) is 5.24. The first-order chi connectivity index (χ1) is 11.1. The summed E-state index contributed by atoms with van der Waals surface area (Å²) in [6.45, 7) is 0. The molecule has 5 nitrogen and oxygen atoms in total. The zero-order chi connectivity index (χ0) is 21.7. The zero-order valence-electron chi connectivity index (χ0n) is 12.2. The standard InChI is InChI=1S/2C5HF6O2.Mn.H2O/c2*6-4(7,8)2(12)1-3(13)5(9,10)11;;/h2*1H;;1H2/q2*-1;+2;. The summed E-state index contributed by atoms with van der Waals surface area (Å²) in [7, 11) is 0. The molecule has 0 saturated heterocycles. The van der Waals surface area contributed by atoms with Gasteiger partial charge in [0.1, 0.15) is 23.1 Å². The third-order valence-corrected chi connectivity index (χ3v) is 1.64. The normalized spacial score (nSPS) is 11.6. The Bertz CT molecular complexity index is 459. The molecule has 165 valence electrons. The van der Waals surface area contributed by atoms with Crippen molar-refractivity contribution in [1.29, 1.82) is 0 Å². The van der Waals surface area contributed by atoms with E-state index >= 15 is 0 Å². The molecule has 0 unspecified atom stereocenters. The summed E-state index contributed by atoms with van der Waals surface area (Å²) in [5, 5.41) is 0. The van der Waals surface area contributed by atoms with E-state index < -0.39 is 60.7 Å². The van der Waals surface area contributed by atoms with Crippen LogP contribution >= 0.6 is 0 Å². The van der Waals surface area contributed by atoms with Crippen molar-refractivity contribution in [1.82, 2.24) is 0 Å². The molecule has 0 aromatic carbocycles. The van der Waals surface area contributed by atoms with Crippen molar-refractivity contribution in [2.75, 3.05) is 0 Å². The predicted octanol–water partition coefficient (Wildman–Crippen LogP) is 2.08.